The quantitative estimate of drug-likeness (QED) is 0.675. The zero-order valence-corrected chi connectivity index (χ0v) is 14.1. The average Bonchev–Trinajstić information content (AvgIpc) is 2.58. The van der Waals surface area contributed by atoms with Gasteiger partial charge in [0.05, 0.1) is 12.3 Å². The monoisotopic (exact) mass is 338 g/mol. The van der Waals surface area contributed by atoms with Crippen molar-refractivity contribution in [2.75, 3.05) is 17.2 Å². The summed E-state index contributed by atoms with van der Waals surface area (Å²) in [4.78, 5) is 8.67. The van der Waals surface area contributed by atoms with Crippen molar-refractivity contribution in [3.63, 3.8) is 0 Å². The highest BCUT2D eigenvalue weighted by molar-refractivity contribution is 5.63. The van der Waals surface area contributed by atoms with E-state index >= 15 is 0 Å². The third-order valence-corrected chi connectivity index (χ3v) is 3.41. The lowest BCUT2D eigenvalue weighted by Crippen LogP contribution is -2.02. The van der Waals surface area contributed by atoms with Crippen LogP contribution in [0.2, 0.25) is 0 Å². The molecular formula is C19H19FN4O. The molecule has 0 fully saturated rings. The van der Waals surface area contributed by atoms with Gasteiger partial charge in [0, 0.05) is 11.8 Å². The number of aromatic nitrogens is 2. The summed E-state index contributed by atoms with van der Waals surface area (Å²) >= 11 is 0. The number of benzene rings is 2. The fraction of sp³-hybridized carbons (Fsp3) is 0.158. The van der Waals surface area contributed by atoms with Crippen molar-refractivity contribution in [2.24, 2.45) is 0 Å². The van der Waals surface area contributed by atoms with Gasteiger partial charge < -0.3 is 15.4 Å². The topological polar surface area (TPSA) is 59.1 Å². The summed E-state index contributed by atoms with van der Waals surface area (Å²) < 4.78 is 19.2. The van der Waals surface area contributed by atoms with Crippen molar-refractivity contribution in [2.45, 2.75) is 13.8 Å². The van der Waals surface area contributed by atoms with Gasteiger partial charge in [-0.25, -0.2) is 14.4 Å². The largest absolute Gasteiger partial charge is 0.494 e. The van der Waals surface area contributed by atoms with E-state index < -0.39 is 0 Å². The Kier molecular flexibility index (Phi) is 5.09. The van der Waals surface area contributed by atoms with Crippen LogP contribution < -0.4 is 15.4 Å². The molecule has 6 heteroatoms. The number of para-hydroxylation sites is 1. The van der Waals surface area contributed by atoms with E-state index in [4.69, 9.17) is 4.74 Å². The van der Waals surface area contributed by atoms with Crippen LogP contribution in [0.25, 0.3) is 0 Å². The minimum absolute atomic E-state index is 0.334. The van der Waals surface area contributed by atoms with Gasteiger partial charge in [-0.3, -0.25) is 0 Å². The Hall–Kier alpha value is -3.15. The highest BCUT2D eigenvalue weighted by atomic mass is 19.1. The first-order valence-electron chi connectivity index (χ1n) is 8.01. The molecule has 128 valence electrons. The van der Waals surface area contributed by atoms with Crippen LogP contribution in [0.4, 0.5) is 27.4 Å². The number of halogens is 1. The molecule has 0 saturated heterocycles. The van der Waals surface area contributed by atoms with Gasteiger partial charge in [0.2, 0.25) is 0 Å². The molecule has 0 bridgehead atoms. The maximum absolute atomic E-state index is 13.8. The Balaban J connectivity index is 1.78. The van der Waals surface area contributed by atoms with E-state index in [0.717, 1.165) is 11.4 Å². The Morgan fingerprint density at radius 3 is 2.32 bits per heavy atom. The molecule has 0 aliphatic rings. The van der Waals surface area contributed by atoms with Crippen molar-refractivity contribution in [1.29, 1.82) is 0 Å². The maximum atomic E-state index is 13.8. The third kappa shape index (κ3) is 4.44. The highest BCUT2D eigenvalue weighted by Gasteiger charge is 2.06. The molecule has 2 aromatic carbocycles. The van der Waals surface area contributed by atoms with Gasteiger partial charge in [0.15, 0.2) is 0 Å². The van der Waals surface area contributed by atoms with Gasteiger partial charge in [0.25, 0.3) is 0 Å². The first-order valence-corrected chi connectivity index (χ1v) is 8.01. The summed E-state index contributed by atoms with van der Waals surface area (Å²) in [5.74, 6) is 2.20. The molecule has 0 aliphatic carbocycles. The predicted octanol–water partition coefficient (Wildman–Crippen LogP) is 4.81. The average molecular weight is 338 g/mol. The smallest absolute Gasteiger partial charge is 0.146 e. The summed E-state index contributed by atoms with van der Waals surface area (Å²) in [5.41, 5.74) is 1.24. The SMILES string of the molecule is CCOc1ccc(Nc2cc(Nc3ccccc3F)nc(C)n2)cc1. The van der Waals surface area contributed by atoms with Gasteiger partial charge in [-0.05, 0) is 50.2 Å². The number of anilines is 4. The van der Waals surface area contributed by atoms with Crippen molar-refractivity contribution < 1.29 is 9.13 Å². The predicted molar refractivity (Wildman–Crippen MR) is 97.3 cm³/mol. The molecule has 3 rings (SSSR count). The van der Waals surface area contributed by atoms with E-state index in [-0.39, 0.29) is 5.82 Å². The fourth-order valence-corrected chi connectivity index (χ4v) is 2.35. The van der Waals surface area contributed by atoms with Crippen LogP contribution in [0.15, 0.2) is 54.6 Å². The van der Waals surface area contributed by atoms with E-state index in [0.29, 0.717) is 29.8 Å². The third-order valence-electron chi connectivity index (χ3n) is 3.41. The van der Waals surface area contributed by atoms with Gasteiger partial charge in [-0.1, -0.05) is 12.1 Å². The number of nitrogens with one attached hydrogen (secondary N) is 2. The van der Waals surface area contributed by atoms with E-state index in [1.54, 1.807) is 31.2 Å². The summed E-state index contributed by atoms with van der Waals surface area (Å²) in [6.07, 6.45) is 0. The molecule has 0 radical (unpaired) electrons. The Bertz CT molecular complexity index is 852. The Morgan fingerprint density at radius 1 is 0.960 bits per heavy atom. The van der Waals surface area contributed by atoms with Crippen molar-refractivity contribution >= 4 is 23.0 Å². The van der Waals surface area contributed by atoms with Crippen molar-refractivity contribution in [3.05, 3.63) is 66.2 Å². The van der Waals surface area contributed by atoms with E-state index in [1.165, 1.54) is 6.07 Å². The first kappa shape index (κ1) is 16.7. The van der Waals surface area contributed by atoms with Crippen molar-refractivity contribution in [1.82, 2.24) is 9.97 Å². The van der Waals surface area contributed by atoms with E-state index in [1.807, 2.05) is 31.2 Å². The summed E-state index contributed by atoms with van der Waals surface area (Å²) in [6, 6.07) is 15.8. The molecule has 0 aliphatic heterocycles. The highest BCUT2D eigenvalue weighted by Crippen LogP contribution is 2.23. The van der Waals surface area contributed by atoms with Crippen molar-refractivity contribution in [3.8, 4) is 5.75 Å². The lowest BCUT2D eigenvalue weighted by molar-refractivity contribution is 0.340. The number of hydrogen-bond donors (Lipinski definition) is 2. The van der Waals surface area contributed by atoms with Crippen LogP contribution in [0.5, 0.6) is 5.75 Å². The normalized spacial score (nSPS) is 10.4. The molecule has 1 aromatic heterocycles. The van der Waals surface area contributed by atoms with E-state index in [9.17, 15) is 4.39 Å². The second-order valence-electron chi connectivity index (χ2n) is 5.37. The second-order valence-corrected chi connectivity index (χ2v) is 5.37. The summed E-state index contributed by atoms with van der Waals surface area (Å²) in [5, 5.41) is 6.19. The number of hydrogen-bond acceptors (Lipinski definition) is 5. The maximum Gasteiger partial charge on any atom is 0.146 e. The summed E-state index contributed by atoms with van der Waals surface area (Å²) in [6.45, 7) is 4.36. The van der Waals surface area contributed by atoms with Crippen LogP contribution in [0.1, 0.15) is 12.7 Å². The first-order chi connectivity index (χ1) is 12.1. The zero-order valence-electron chi connectivity index (χ0n) is 14.1. The molecule has 1 heterocycles. The van der Waals surface area contributed by atoms with Gasteiger partial charge in [-0.15, -0.1) is 0 Å². The Morgan fingerprint density at radius 2 is 1.64 bits per heavy atom. The summed E-state index contributed by atoms with van der Waals surface area (Å²) in [7, 11) is 0. The molecule has 2 N–H and O–H groups in total. The van der Waals surface area contributed by atoms with Gasteiger partial charge in [-0.2, -0.15) is 0 Å². The molecule has 25 heavy (non-hydrogen) atoms. The fourth-order valence-electron chi connectivity index (χ4n) is 2.35. The second kappa shape index (κ2) is 7.61. The molecule has 0 spiro atoms. The molecule has 5 nitrogen and oxygen atoms in total. The molecule has 0 unspecified atom stereocenters. The van der Waals surface area contributed by atoms with Crippen LogP contribution in [0, 0.1) is 12.7 Å². The standard InChI is InChI=1S/C19H19FN4O/c1-3-25-15-10-8-14(9-11-15)23-18-12-19(22-13(2)21-18)24-17-7-5-4-6-16(17)20/h4-12H,3H2,1-2H3,(H2,21,22,23,24). The molecule has 0 saturated carbocycles. The number of rotatable bonds is 6. The molecular weight excluding hydrogens is 319 g/mol. The van der Waals surface area contributed by atoms with Crippen LogP contribution >= 0.6 is 0 Å². The molecule has 3 aromatic rings. The molecule has 0 atom stereocenters. The minimum atomic E-state index is -0.334. The number of ether oxygens (including phenoxy) is 1. The van der Waals surface area contributed by atoms with Crippen LogP contribution in [-0.4, -0.2) is 16.6 Å². The lowest BCUT2D eigenvalue weighted by Gasteiger charge is -2.11. The Labute approximate surface area is 145 Å². The van der Waals surface area contributed by atoms with Gasteiger partial charge >= 0.3 is 0 Å². The van der Waals surface area contributed by atoms with Crippen LogP contribution in [-0.2, 0) is 0 Å². The number of nitrogens with zero attached hydrogens (tertiary/aromatic N) is 2. The number of aryl methyl sites for hydroxylation is 1. The molecule has 0 amide bonds. The van der Waals surface area contributed by atoms with E-state index in [2.05, 4.69) is 20.6 Å². The zero-order chi connectivity index (χ0) is 17.6. The van der Waals surface area contributed by atoms with Crippen LogP contribution in [0.3, 0.4) is 0 Å². The lowest BCUT2D eigenvalue weighted by atomic mass is 10.3. The van der Waals surface area contributed by atoms with Gasteiger partial charge in [0.1, 0.15) is 29.0 Å². The minimum Gasteiger partial charge on any atom is -0.494 e.